The van der Waals surface area contributed by atoms with E-state index in [1.807, 2.05) is 0 Å². The Labute approximate surface area is 75.6 Å². The molecule has 6 heteroatoms. The fourth-order valence-corrected chi connectivity index (χ4v) is 0.996. The topological polar surface area (TPSA) is 85.6 Å². The van der Waals surface area contributed by atoms with Gasteiger partial charge in [-0.1, -0.05) is 0 Å². The predicted molar refractivity (Wildman–Crippen MR) is 42.2 cm³/mol. The van der Waals surface area contributed by atoms with E-state index in [-0.39, 0.29) is 25.6 Å². The Bertz CT molecular complexity index is 226. The van der Waals surface area contributed by atoms with Crippen LogP contribution in [0.1, 0.15) is 0 Å². The summed E-state index contributed by atoms with van der Waals surface area (Å²) in [6, 6.07) is 1.79. The molecule has 1 saturated heterocycles. The quantitative estimate of drug-likeness (QED) is 0.508. The molecular weight excluding hydrogens is 174 g/mol. The van der Waals surface area contributed by atoms with Crippen LogP contribution in [0.3, 0.4) is 0 Å². The Kier molecular flexibility index (Phi) is 3.64. The molecule has 1 rings (SSSR count). The van der Waals surface area contributed by atoms with Crippen molar-refractivity contribution >= 4 is 5.91 Å². The van der Waals surface area contributed by atoms with Gasteiger partial charge in [-0.2, -0.15) is 10.3 Å². The summed E-state index contributed by atoms with van der Waals surface area (Å²) >= 11 is 0. The first-order chi connectivity index (χ1) is 6.22. The number of hydroxylamine groups is 2. The van der Waals surface area contributed by atoms with Crippen LogP contribution in [0, 0.1) is 11.3 Å². The zero-order chi connectivity index (χ0) is 9.68. The number of carbonyl (C=O) groups is 1. The number of rotatable bonds is 3. The molecule has 2 N–H and O–H groups in total. The van der Waals surface area contributed by atoms with E-state index in [1.165, 1.54) is 5.06 Å². The number of amides is 1. The number of nitrogens with one attached hydrogen (secondary N) is 1. The number of hydrogen-bond donors (Lipinski definition) is 2. The second kappa shape index (κ2) is 4.77. The van der Waals surface area contributed by atoms with Crippen molar-refractivity contribution in [3.8, 4) is 6.07 Å². The molecule has 1 atom stereocenters. The number of hydrogen-bond acceptors (Lipinski definition) is 5. The highest BCUT2D eigenvalue weighted by Crippen LogP contribution is 2.03. The first-order valence-corrected chi connectivity index (χ1v) is 3.92. The lowest BCUT2D eigenvalue weighted by molar-refractivity contribution is -0.142. The molecule has 0 aromatic carbocycles. The van der Waals surface area contributed by atoms with E-state index in [0.29, 0.717) is 6.54 Å². The van der Waals surface area contributed by atoms with Crippen LogP contribution >= 0.6 is 0 Å². The summed E-state index contributed by atoms with van der Waals surface area (Å²) in [7, 11) is 0. The molecule has 1 fully saturated rings. The lowest BCUT2D eigenvalue weighted by atomic mass is 10.4. The molecule has 0 aromatic heterocycles. The van der Waals surface area contributed by atoms with Gasteiger partial charge < -0.3 is 10.4 Å². The number of aliphatic hydroxyl groups excluding tert-OH is 1. The molecule has 72 valence electrons. The van der Waals surface area contributed by atoms with Gasteiger partial charge in [-0.05, 0) is 0 Å². The smallest absolute Gasteiger partial charge is 0.237 e. The molecule has 13 heavy (non-hydrogen) atoms. The highest BCUT2D eigenvalue weighted by molar-refractivity contribution is 5.78. The molecule has 0 aromatic rings. The third-order valence-corrected chi connectivity index (χ3v) is 1.55. The van der Waals surface area contributed by atoms with Crippen LogP contribution in [-0.4, -0.2) is 48.4 Å². The summed E-state index contributed by atoms with van der Waals surface area (Å²) in [5.41, 5.74) is 0. The summed E-state index contributed by atoms with van der Waals surface area (Å²) in [6.07, 6.45) is -0.524. The summed E-state index contributed by atoms with van der Waals surface area (Å²) in [6.45, 7) is 0.611. The monoisotopic (exact) mass is 185 g/mol. The molecule has 1 aliphatic rings. The average Bonchev–Trinajstić information content (AvgIpc) is 2.48. The molecule has 1 heterocycles. The van der Waals surface area contributed by atoms with Crippen LogP contribution in [-0.2, 0) is 9.63 Å². The number of aliphatic hydroxyl groups is 1. The minimum absolute atomic E-state index is 0.00474. The lowest BCUT2D eigenvalue weighted by Crippen LogP contribution is -2.35. The van der Waals surface area contributed by atoms with Gasteiger partial charge in [0.25, 0.3) is 0 Å². The van der Waals surface area contributed by atoms with Crippen molar-refractivity contribution in [2.45, 2.75) is 6.10 Å². The molecule has 0 radical (unpaired) electrons. The van der Waals surface area contributed by atoms with E-state index in [0.717, 1.165) is 0 Å². The van der Waals surface area contributed by atoms with Gasteiger partial charge in [-0.25, -0.2) is 0 Å². The van der Waals surface area contributed by atoms with E-state index in [1.54, 1.807) is 6.07 Å². The van der Waals surface area contributed by atoms with Gasteiger partial charge >= 0.3 is 0 Å². The van der Waals surface area contributed by atoms with E-state index in [2.05, 4.69) is 5.32 Å². The van der Waals surface area contributed by atoms with Crippen LogP contribution in [0.5, 0.6) is 0 Å². The number of carbonyl (C=O) groups excluding carboxylic acids is 1. The number of β-amino-alcohol motifs (C(OH)–C–C–N with tert-alkyl or cyclic N) is 1. The summed E-state index contributed by atoms with van der Waals surface area (Å²) in [5, 5.41) is 20.9. The maximum absolute atomic E-state index is 11.0. The Morgan fingerprint density at radius 2 is 2.62 bits per heavy atom. The minimum atomic E-state index is -0.524. The number of nitrogens with zero attached hydrogens (tertiary/aromatic N) is 2. The Hall–Kier alpha value is -1.16. The van der Waals surface area contributed by atoms with Crippen molar-refractivity contribution in [3.63, 3.8) is 0 Å². The van der Waals surface area contributed by atoms with Crippen molar-refractivity contribution in [3.05, 3.63) is 0 Å². The summed E-state index contributed by atoms with van der Waals surface area (Å²) < 4.78 is 0. The van der Waals surface area contributed by atoms with Crippen LogP contribution in [0.25, 0.3) is 0 Å². The molecule has 1 aliphatic heterocycles. The fraction of sp³-hybridized carbons (Fsp3) is 0.714. The Morgan fingerprint density at radius 3 is 3.15 bits per heavy atom. The molecule has 0 aliphatic carbocycles. The van der Waals surface area contributed by atoms with Gasteiger partial charge in [-0.3, -0.25) is 9.63 Å². The average molecular weight is 185 g/mol. The van der Waals surface area contributed by atoms with Crippen molar-refractivity contribution < 1.29 is 14.7 Å². The molecule has 0 spiro atoms. The SMILES string of the molecule is N#CCNC(=O)CN1CC(O)CO1. The van der Waals surface area contributed by atoms with Gasteiger partial charge in [0.2, 0.25) is 5.91 Å². The fourth-order valence-electron chi connectivity index (χ4n) is 0.996. The van der Waals surface area contributed by atoms with Crippen LogP contribution in [0.2, 0.25) is 0 Å². The second-order valence-corrected chi connectivity index (χ2v) is 2.71. The molecule has 1 amide bonds. The van der Waals surface area contributed by atoms with E-state index in [9.17, 15) is 4.79 Å². The van der Waals surface area contributed by atoms with Gasteiger partial charge in [0, 0.05) is 0 Å². The van der Waals surface area contributed by atoms with E-state index >= 15 is 0 Å². The van der Waals surface area contributed by atoms with Gasteiger partial charge in [0.15, 0.2) is 0 Å². The first kappa shape index (κ1) is 9.92. The van der Waals surface area contributed by atoms with Crippen LogP contribution in [0.15, 0.2) is 0 Å². The Balaban J connectivity index is 2.18. The molecule has 6 nitrogen and oxygen atoms in total. The first-order valence-electron chi connectivity index (χ1n) is 3.92. The third kappa shape index (κ3) is 3.38. The zero-order valence-corrected chi connectivity index (χ0v) is 7.06. The lowest BCUT2D eigenvalue weighted by Gasteiger charge is -2.11. The van der Waals surface area contributed by atoms with Gasteiger partial charge in [-0.15, -0.1) is 0 Å². The van der Waals surface area contributed by atoms with E-state index < -0.39 is 6.10 Å². The van der Waals surface area contributed by atoms with Crippen LogP contribution < -0.4 is 5.32 Å². The van der Waals surface area contributed by atoms with E-state index in [4.69, 9.17) is 15.2 Å². The molecule has 0 saturated carbocycles. The predicted octanol–water partition coefficient (Wildman–Crippen LogP) is -1.77. The second-order valence-electron chi connectivity index (χ2n) is 2.71. The largest absolute Gasteiger partial charge is 0.389 e. The minimum Gasteiger partial charge on any atom is -0.389 e. The maximum atomic E-state index is 11.0. The standard InChI is InChI=1S/C7H11N3O3/c8-1-2-9-7(12)4-10-3-6(11)5-13-10/h6,11H,2-5H2,(H,9,12). The van der Waals surface area contributed by atoms with Crippen molar-refractivity contribution in [2.24, 2.45) is 0 Å². The van der Waals surface area contributed by atoms with Gasteiger partial charge in [0.05, 0.1) is 25.3 Å². The van der Waals surface area contributed by atoms with Crippen molar-refractivity contribution in [1.29, 1.82) is 5.26 Å². The molecular formula is C7H11N3O3. The number of nitriles is 1. The normalized spacial score (nSPS) is 22.6. The highest BCUT2D eigenvalue weighted by atomic mass is 16.7. The summed E-state index contributed by atoms with van der Waals surface area (Å²) in [5.74, 6) is -0.282. The summed E-state index contributed by atoms with van der Waals surface area (Å²) in [4.78, 5) is 16.0. The van der Waals surface area contributed by atoms with Gasteiger partial charge in [0.1, 0.15) is 13.1 Å². The third-order valence-electron chi connectivity index (χ3n) is 1.55. The molecule has 0 bridgehead atoms. The van der Waals surface area contributed by atoms with Crippen molar-refractivity contribution in [2.75, 3.05) is 26.2 Å². The highest BCUT2D eigenvalue weighted by Gasteiger charge is 2.22. The maximum Gasteiger partial charge on any atom is 0.237 e. The Morgan fingerprint density at radius 1 is 1.85 bits per heavy atom. The van der Waals surface area contributed by atoms with Crippen molar-refractivity contribution in [1.82, 2.24) is 10.4 Å². The van der Waals surface area contributed by atoms with Crippen LogP contribution in [0.4, 0.5) is 0 Å². The zero-order valence-electron chi connectivity index (χ0n) is 7.06. The molecule has 1 unspecified atom stereocenters.